The van der Waals surface area contributed by atoms with Gasteiger partial charge in [0.05, 0.1) is 12.8 Å². The van der Waals surface area contributed by atoms with Gasteiger partial charge in [0, 0.05) is 5.56 Å². The molecule has 0 atom stereocenters. The van der Waals surface area contributed by atoms with Crippen LogP contribution in [-0.4, -0.2) is 22.0 Å². The molecule has 7 heteroatoms. The van der Waals surface area contributed by atoms with Crippen LogP contribution in [0.15, 0.2) is 59.1 Å². The lowest BCUT2D eigenvalue weighted by atomic mass is 10.1. The molecule has 0 aliphatic carbocycles. The number of ether oxygens (including phenoxy) is 1. The maximum Gasteiger partial charge on any atom is 0.209 e. The molecular formula is C19H13N5O2. The van der Waals surface area contributed by atoms with E-state index in [-0.39, 0.29) is 16.6 Å². The van der Waals surface area contributed by atoms with Crippen molar-refractivity contribution >= 4 is 11.1 Å². The van der Waals surface area contributed by atoms with Crippen LogP contribution in [0.5, 0.6) is 5.75 Å². The van der Waals surface area contributed by atoms with Crippen LogP contribution in [-0.2, 0) is 0 Å². The summed E-state index contributed by atoms with van der Waals surface area (Å²) in [5.41, 5.74) is 2.64. The lowest BCUT2D eigenvalue weighted by molar-refractivity contribution is 0.414. The summed E-state index contributed by atoms with van der Waals surface area (Å²) >= 11 is 0. The molecule has 0 fully saturated rings. The maximum absolute atomic E-state index is 9.53. The quantitative estimate of drug-likeness (QED) is 0.616. The molecule has 0 aliphatic rings. The summed E-state index contributed by atoms with van der Waals surface area (Å²) in [5.74, 6) is 0.692. The third-order valence-corrected chi connectivity index (χ3v) is 4.02. The highest BCUT2D eigenvalue weighted by Gasteiger charge is 2.19. The van der Waals surface area contributed by atoms with E-state index in [1.54, 1.807) is 31.4 Å². The van der Waals surface area contributed by atoms with E-state index in [1.165, 1.54) is 4.68 Å². The first kappa shape index (κ1) is 15.6. The fraction of sp³-hybridized carbons (Fsp3) is 0.0526. The van der Waals surface area contributed by atoms with E-state index < -0.39 is 0 Å². The molecule has 126 valence electrons. The predicted octanol–water partition coefficient (Wildman–Crippen LogP) is 3.04. The second-order valence-electron chi connectivity index (χ2n) is 5.52. The molecule has 4 rings (SSSR count). The summed E-state index contributed by atoms with van der Waals surface area (Å²) in [6.07, 6.45) is 0. The largest absolute Gasteiger partial charge is 0.497 e. The summed E-state index contributed by atoms with van der Waals surface area (Å²) < 4.78 is 11.9. The molecule has 7 nitrogen and oxygen atoms in total. The van der Waals surface area contributed by atoms with Gasteiger partial charge >= 0.3 is 0 Å². The third-order valence-electron chi connectivity index (χ3n) is 4.02. The minimum absolute atomic E-state index is 0.0686. The Labute approximate surface area is 148 Å². The zero-order chi connectivity index (χ0) is 18.1. The fourth-order valence-electron chi connectivity index (χ4n) is 2.70. The summed E-state index contributed by atoms with van der Waals surface area (Å²) in [6.45, 7) is 0. The highest BCUT2D eigenvalue weighted by atomic mass is 16.5. The van der Waals surface area contributed by atoms with Crippen molar-refractivity contribution in [3.63, 3.8) is 0 Å². The Bertz CT molecular complexity index is 1190. The topological polar surface area (TPSA) is 101 Å². The number of hydrogen-bond acceptors (Lipinski definition) is 6. The van der Waals surface area contributed by atoms with Crippen molar-refractivity contribution < 1.29 is 9.26 Å². The second kappa shape index (κ2) is 6.18. The molecule has 4 aromatic rings. The van der Waals surface area contributed by atoms with E-state index in [9.17, 15) is 5.26 Å². The van der Waals surface area contributed by atoms with Crippen LogP contribution in [0.25, 0.3) is 28.0 Å². The first-order valence-electron chi connectivity index (χ1n) is 7.80. The average Bonchev–Trinajstić information content (AvgIpc) is 3.12. The first-order valence-corrected chi connectivity index (χ1v) is 7.80. The van der Waals surface area contributed by atoms with E-state index >= 15 is 0 Å². The normalized spacial score (nSPS) is 10.6. The van der Waals surface area contributed by atoms with Crippen LogP contribution in [0.3, 0.4) is 0 Å². The molecule has 0 aliphatic heterocycles. The van der Waals surface area contributed by atoms with Gasteiger partial charge in [-0.3, -0.25) is 5.41 Å². The molecule has 0 saturated heterocycles. The van der Waals surface area contributed by atoms with Crippen molar-refractivity contribution in [2.24, 2.45) is 0 Å². The van der Waals surface area contributed by atoms with Crippen molar-refractivity contribution in [3.05, 3.63) is 65.6 Å². The number of rotatable bonds is 3. The van der Waals surface area contributed by atoms with Crippen molar-refractivity contribution in [2.45, 2.75) is 0 Å². The minimum atomic E-state index is -0.0686. The van der Waals surface area contributed by atoms with Gasteiger partial charge in [0.1, 0.15) is 23.1 Å². The van der Waals surface area contributed by atoms with E-state index in [0.717, 1.165) is 5.56 Å². The van der Waals surface area contributed by atoms with Crippen LogP contribution in [0.4, 0.5) is 0 Å². The third kappa shape index (κ3) is 2.41. The summed E-state index contributed by atoms with van der Waals surface area (Å²) in [5, 5.41) is 26.5. The van der Waals surface area contributed by atoms with Gasteiger partial charge in [0.15, 0.2) is 11.0 Å². The van der Waals surface area contributed by atoms with E-state index in [2.05, 4.69) is 10.3 Å². The molecule has 2 aromatic carbocycles. The van der Waals surface area contributed by atoms with Crippen LogP contribution in [0.1, 0.15) is 5.56 Å². The SMILES string of the molecule is COc1ccc(-n2nc3c(-c4ccccc4)noc3c(C#N)c2=N)cc1. The molecule has 0 bridgehead atoms. The Balaban J connectivity index is 2.00. The highest BCUT2D eigenvalue weighted by Crippen LogP contribution is 2.27. The summed E-state index contributed by atoms with van der Waals surface area (Å²) in [6, 6.07) is 18.6. The monoisotopic (exact) mass is 343 g/mol. The standard InChI is InChI=1S/C19H13N5O2/c1-25-14-9-7-13(8-10-14)24-19(21)15(11-20)18-17(22-24)16(23-26-18)12-5-3-2-4-6-12/h2-10,21H,1H3. The van der Waals surface area contributed by atoms with Gasteiger partial charge < -0.3 is 9.26 Å². The minimum Gasteiger partial charge on any atom is -0.497 e. The summed E-state index contributed by atoms with van der Waals surface area (Å²) in [4.78, 5) is 0. The molecule has 0 radical (unpaired) electrons. The van der Waals surface area contributed by atoms with Gasteiger partial charge in [-0.1, -0.05) is 35.5 Å². The number of nitriles is 1. The number of aromatic nitrogens is 3. The van der Waals surface area contributed by atoms with Gasteiger partial charge in [-0.05, 0) is 24.3 Å². The molecular weight excluding hydrogens is 330 g/mol. The number of nitrogens with one attached hydrogen (secondary N) is 1. The Morgan fingerprint density at radius 1 is 1.12 bits per heavy atom. The Hall–Kier alpha value is -3.92. The van der Waals surface area contributed by atoms with Gasteiger partial charge in [0.25, 0.3) is 0 Å². The van der Waals surface area contributed by atoms with E-state index in [0.29, 0.717) is 22.6 Å². The van der Waals surface area contributed by atoms with Gasteiger partial charge in [-0.15, -0.1) is 0 Å². The second-order valence-corrected chi connectivity index (χ2v) is 5.52. The molecule has 0 spiro atoms. The molecule has 0 unspecified atom stereocenters. The van der Waals surface area contributed by atoms with Crippen LogP contribution < -0.4 is 10.2 Å². The van der Waals surface area contributed by atoms with Crippen LogP contribution in [0.2, 0.25) is 0 Å². The summed E-state index contributed by atoms with van der Waals surface area (Å²) in [7, 11) is 1.58. The smallest absolute Gasteiger partial charge is 0.209 e. The van der Waals surface area contributed by atoms with Crippen molar-refractivity contribution in [1.82, 2.24) is 14.9 Å². The Morgan fingerprint density at radius 3 is 2.50 bits per heavy atom. The van der Waals surface area contributed by atoms with Gasteiger partial charge in [-0.2, -0.15) is 10.4 Å². The van der Waals surface area contributed by atoms with Crippen molar-refractivity contribution in [1.29, 1.82) is 10.7 Å². The van der Waals surface area contributed by atoms with Crippen LogP contribution in [0, 0.1) is 16.7 Å². The Kier molecular flexibility index (Phi) is 3.71. The molecule has 2 heterocycles. The molecule has 2 aromatic heterocycles. The number of nitrogens with zero attached hydrogens (tertiary/aromatic N) is 4. The number of benzene rings is 2. The lowest BCUT2D eigenvalue weighted by Crippen LogP contribution is -2.24. The van der Waals surface area contributed by atoms with Crippen molar-refractivity contribution in [3.8, 4) is 28.8 Å². The molecule has 1 N–H and O–H groups in total. The Morgan fingerprint density at radius 2 is 1.85 bits per heavy atom. The van der Waals surface area contributed by atoms with Crippen molar-refractivity contribution in [2.75, 3.05) is 7.11 Å². The van der Waals surface area contributed by atoms with Gasteiger partial charge in [0.2, 0.25) is 5.58 Å². The average molecular weight is 343 g/mol. The fourth-order valence-corrected chi connectivity index (χ4v) is 2.70. The highest BCUT2D eigenvalue weighted by molar-refractivity contribution is 5.90. The zero-order valence-corrected chi connectivity index (χ0v) is 13.8. The zero-order valence-electron chi connectivity index (χ0n) is 13.8. The molecule has 26 heavy (non-hydrogen) atoms. The maximum atomic E-state index is 9.53. The van der Waals surface area contributed by atoms with E-state index in [4.69, 9.17) is 14.7 Å². The number of fused-ring (bicyclic) bond motifs is 1. The molecule has 0 amide bonds. The lowest BCUT2D eigenvalue weighted by Gasteiger charge is -2.08. The molecule has 0 saturated carbocycles. The first-order chi connectivity index (χ1) is 12.7. The van der Waals surface area contributed by atoms with Crippen LogP contribution >= 0.6 is 0 Å². The number of methoxy groups -OCH3 is 1. The van der Waals surface area contributed by atoms with E-state index in [1.807, 2.05) is 36.4 Å². The predicted molar refractivity (Wildman–Crippen MR) is 93.7 cm³/mol. The number of hydrogen-bond donors (Lipinski definition) is 1. The van der Waals surface area contributed by atoms with Gasteiger partial charge in [-0.25, -0.2) is 4.68 Å².